The van der Waals surface area contributed by atoms with E-state index in [0.717, 1.165) is 54.8 Å². The molecule has 1 atom stereocenters. The average molecular weight is 356 g/mol. The average Bonchev–Trinajstić information content (AvgIpc) is 3.15. The minimum absolute atomic E-state index is 0.328. The number of aliphatic imine (C=N–C) groups is 1. The monoisotopic (exact) mass is 355 g/mol. The van der Waals surface area contributed by atoms with Gasteiger partial charge < -0.3 is 9.64 Å². The van der Waals surface area contributed by atoms with Gasteiger partial charge in [0.1, 0.15) is 5.84 Å². The number of rotatable bonds is 4. The normalized spacial score (nSPS) is 21.4. The molecule has 0 aromatic heterocycles. The second-order valence-electron chi connectivity index (χ2n) is 6.53. The van der Waals surface area contributed by atoms with Crippen molar-refractivity contribution in [2.24, 2.45) is 4.99 Å². The van der Waals surface area contributed by atoms with Gasteiger partial charge in [-0.05, 0) is 31.0 Å². The molecule has 0 spiro atoms. The Morgan fingerprint density at radius 1 is 1.12 bits per heavy atom. The highest BCUT2D eigenvalue weighted by atomic mass is 35.5. The Kier molecular flexibility index (Phi) is 5.02. The molecule has 2 aliphatic heterocycles. The van der Waals surface area contributed by atoms with Crippen LogP contribution in [0.25, 0.3) is 0 Å². The van der Waals surface area contributed by atoms with Gasteiger partial charge in [-0.15, -0.1) is 0 Å². The first kappa shape index (κ1) is 16.6. The molecule has 0 saturated carbocycles. The first-order chi connectivity index (χ1) is 12.3. The minimum Gasteiger partial charge on any atom is -0.377 e. The zero-order valence-electron chi connectivity index (χ0n) is 14.1. The topological polar surface area (TPSA) is 28.1 Å². The number of amidine groups is 1. The number of hydrogen-bond acceptors (Lipinski definition) is 4. The van der Waals surface area contributed by atoms with Crippen LogP contribution in [-0.4, -0.2) is 43.3 Å². The Bertz CT molecular complexity index is 744. The molecule has 1 fully saturated rings. The number of benzene rings is 2. The summed E-state index contributed by atoms with van der Waals surface area (Å²) in [7, 11) is 0. The summed E-state index contributed by atoms with van der Waals surface area (Å²) in [4.78, 5) is 9.45. The summed E-state index contributed by atoms with van der Waals surface area (Å²) in [5, 5.41) is 0.737. The molecule has 0 radical (unpaired) electrons. The summed E-state index contributed by atoms with van der Waals surface area (Å²) in [6.07, 6.45) is 2.63. The molecule has 2 heterocycles. The van der Waals surface area contributed by atoms with Crippen LogP contribution < -0.4 is 4.90 Å². The Hall–Kier alpha value is -1.88. The van der Waals surface area contributed by atoms with Gasteiger partial charge in [0.05, 0.1) is 19.4 Å². The van der Waals surface area contributed by atoms with Gasteiger partial charge in [0.25, 0.3) is 0 Å². The summed E-state index contributed by atoms with van der Waals surface area (Å²) in [5.41, 5.74) is 2.19. The molecule has 0 aliphatic carbocycles. The lowest BCUT2D eigenvalue weighted by Crippen LogP contribution is -2.48. The number of ether oxygens (including phenoxy) is 1. The number of anilines is 1. The van der Waals surface area contributed by atoms with Crippen LogP contribution in [0.1, 0.15) is 18.4 Å². The van der Waals surface area contributed by atoms with Crippen molar-refractivity contribution in [3.05, 3.63) is 65.2 Å². The standard InChI is InChI=1S/C20H22ClN3O/c21-17-8-4-9-18(12-17)24-15-23(13-19-10-5-11-25-19)14-22-20(24)16-6-2-1-3-7-16/h1-4,6-9,12,19H,5,10-11,13-15H2/t19-/m1/s1. The predicted octanol–water partition coefficient (Wildman–Crippen LogP) is 4.00. The van der Waals surface area contributed by atoms with Gasteiger partial charge in [0.2, 0.25) is 0 Å². The number of nitrogens with zero attached hydrogens (tertiary/aromatic N) is 3. The molecule has 2 aromatic rings. The maximum absolute atomic E-state index is 6.23. The van der Waals surface area contributed by atoms with Gasteiger partial charge in [-0.1, -0.05) is 48.0 Å². The fourth-order valence-electron chi connectivity index (χ4n) is 3.44. The van der Waals surface area contributed by atoms with E-state index in [-0.39, 0.29) is 0 Å². The first-order valence-electron chi connectivity index (χ1n) is 8.76. The van der Waals surface area contributed by atoms with Gasteiger partial charge in [-0.25, -0.2) is 0 Å². The van der Waals surface area contributed by atoms with Crippen molar-refractivity contribution in [3.8, 4) is 0 Å². The minimum atomic E-state index is 0.328. The van der Waals surface area contributed by atoms with E-state index >= 15 is 0 Å². The molecule has 4 rings (SSSR count). The van der Waals surface area contributed by atoms with E-state index in [1.54, 1.807) is 0 Å². The third-order valence-corrected chi connectivity index (χ3v) is 4.89. The Morgan fingerprint density at radius 2 is 2.00 bits per heavy atom. The second kappa shape index (κ2) is 7.56. The highest BCUT2D eigenvalue weighted by Crippen LogP contribution is 2.25. The zero-order chi connectivity index (χ0) is 17.1. The van der Waals surface area contributed by atoms with Crippen molar-refractivity contribution < 1.29 is 4.74 Å². The smallest absolute Gasteiger partial charge is 0.137 e. The van der Waals surface area contributed by atoms with E-state index in [4.69, 9.17) is 21.3 Å². The SMILES string of the molecule is Clc1cccc(N2CN(C[C@H]3CCCO3)CN=C2c2ccccc2)c1. The second-order valence-corrected chi connectivity index (χ2v) is 6.96. The number of halogens is 1. The fraction of sp³-hybridized carbons (Fsp3) is 0.350. The van der Waals surface area contributed by atoms with Gasteiger partial charge in [0, 0.05) is 29.4 Å². The highest BCUT2D eigenvalue weighted by molar-refractivity contribution is 6.31. The molecule has 0 bridgehead atoms. The molecular formula is C20H22ClN3O. The van der Waals surface area contributed by atoms with Crippen molar-refractivity contribution in [1.29, 1.82) is 0 Å². The lowest BCUT2D eigenvalue weighted by Gasteiger charge is -2.37. The van der Waals surface area contributed by atoms with Gasteiger partial charge in [-0.2, -0.15) is 0 Å². The Labute approximate surface area is 153 Å². The van der Waals surface area contributed by atoms with E-state index in [9.17, 15) is 0 Å². The largest absolute Gasteiger partial charge is 0.377 e. The summed E-state index contributed by atoms with van der Waals surface area (Å²) in [5.74, 6) is 0.992. The number of hydrogen-bond donors (Lipinski definition) is 0. The summed E-state index contributed by atoms with van der Waals surface area (Å²) >= 11 is 6.23. The summed E-state index contributed by atoms with van der Waals surface area (Å²) < 4.78 is 5.80. The van der Waals surface area contributed by atoms with Crippen LogP contribution >= 0.6 is 11.6 Å². The molecule has 0 N–H and O–H groups in total. The summed E-state index contributed by atoms with van der Waals surface area (Å²) in [6.45, 7) is 3.28. The molecular weight excluding hydrogens is 334 g/mol. The van der Waals surface area contributed by atoms with Crippen molar-refractivity contribution in [3.63, 3.8) is 0 Å². The van der Waals surface area contributed by atoms with Gasteiger partial charge >= 0.3 is 0 Å². The summed E-state index contributed by atoms with van der Waals surface area (Å²) in [6, 6.07) is 18.3. The van der Waals surface area contributed by atoms with Crippen LogP contribution in [0.2, 0.25) is 5.02 Å². The Morgan fingerprint density at radius 3 is 2.76 bits per heavy atom. The van der Waals surface area contributed by atoms with Crippen LogP contribution in [0, 0.1) is 0 Å². The zero-order valence-corrected chi connectivity index (χ0v) is 14.9. The predicted molar refractivity (Wildman–Crippen MR) is 102 cm³/mol. The molecule has 130 valence electrons. The lowest BCUT2D eigenvalue weighted by molar-refractivity contribution is 0.0739. The molecule has 4 nitrogen and oxygen atoms in total. The molecule has 5 heteroatoms. The van der Waals surface area contributed by atoms with Crippen LogP contribution in [-0.2, 0) is 4.74 Å². The first-order valence-corrected chi connectivity index (χ1v) is 9.14. The Balaban J connectivity index is 1.62. The lowest BCUT2D eigenvalue weighted by atomic mass is 10.1. The van der Waals surface area contributed by atoms with Crippen LogP contribution in [0.15, 0.2) is 59.6 Å². The maximum Gasteiger partial charge on any atom is 0.137 e. The van der Waals surface area contributed by atoms with Gasteiger partial charge in [0.15, 0.2) is 0 Å². The molecule has 1 saturated heterocycles. The van der Waals surface area contributed by atoms with Crippen molar-refractivity contribution >= 4 is 23.1 Å². The molecule has 2 aromatic carbocycles. The van der Waals surface area contributed by atoms with E-state index in [0.29, 0.717) is 12.8 Å². The van der Waals surface area contributed by atoms with Crippen LogP contribution in [0.3, 0.4) is 0 Å². The van der Waals surface area contributed by atoms with Crippen molar-refractivity contribution in [2.45, 2.75) is 18.9 Å². The van der Waals surface area contributed by atoms with Crippen molar-refractivity contribution in [1.82, 2.24) is 4.90 Å². The third-order valence-electron chi connectivity index (χ3n) is 4.66. The fourth-order valence-corrected chi connectivity index (χ4v) is 3.62. The maximum atomic E-state index is 6.23. The van der Waals surface area contributed by atoms with Crippen molar-refractivity contribution in [2.75, 3.05) is 31.4 Å². The van der Waals surface area contributed by atoms with E-state index in [2.05, 4.69) is 28.0 Å². The molecule has 25 heavy (non-hydrogen) atoms. The van der Waals surface area contributed by atoms with E-state index < -0.39 is 0 Å². The van der Waals surface area contributed by atoms with Gasteiger partial charge in [-0.3, -0.25) is 9.89 Å². The molecule has 0 unspecified atom stereocenters. The third kappa shape index (κ3) is 3.87. The van der Waals surface area contributed by atoms with Crippen LogP contribution in [0.4, 0.5) is 5.69 Å². The quantitative estimate of drug-likeness (QED) is 0.829. The van der Waals surface area contributed by atoms with E-state index in [1.165, 1.54) is 0 Å². The molecule has 0 amide bonds. The van der Waals surface area contributed by atoms with Crippen LogP contribution in [0.5, 0.6) is 0 Å². The van der Waals surface area contributed by atoms with E-state index in [1.807, 2.05) is 36.4 Å². The molecule has 2 aliphatic rings. The highest BCUT2D eigenvalue weighted by Gasteiger charge is 2.26.